The highest BCUT2D eigenvalue weighted by Gasteiger charge is 2.30. The van der Waals surface area contributed by atoms with Gasteiger partial charge in [0.15, 0.2) is 5.65 Å². The molecule has 0 aliphatic carbocycles. The van der Waals surface area contributed by atoms with E-state index in [9.17, 15) is 4.79 Å². The maximum Gasteiger partial charge on any atom is 0.410 e. The zero-order valence-electron chi connectivity index (χ0n) is 19.0. The minimum atomic E-state index is -0.299. The van der Waals surface area contributed by atoms with Crippen molar-refractivity contribution in [1.82, 2.24) is 24.5 Å². The monoisotopic (exact) mass is 440 g/mol. The quantitative estimate of drug-likeness (QED) is 0.578. The predicted octanol–water partition coefficient (Wildman–Crippen LogP) is 2.86. The summed E-state index contributed by atoms with van der Waals surface area (Å²) in [6, 6.07) is 5.66. The summed E-state index contributed by atoms with van der Waals surface area (Å²) in [6.45, 7) is 5.18. The molecule has 0 aromatic carbocycles. The van der Waals surface area contributed by atoms with Crippen LogP contribution in [0.2, 0.25) is 0 Å². The summed E-state index contributed by atoms with van der Waals surface area (Å²) in [5.41, 5.74) is 2.29. The Balaban J connectivity index is 1.60. The molecule has 4 heterocycles. The zero-order valence-corrected chi connectivity index (χ0v) is 19.0. The number of amides is 1. The molecule has 10 heteroatoms. The lowest BCUT2D eigenvalue weighted by atomic mass is 10.1. The van der Waals surface area contributed by atoms with Crippen molar-refractivity contribution < 1.29 is 19.0 Å². The predicted molar refractivity (Wildman–Crippen MR) is 119 cm³/mol. The normalized spacial score (nSPS) is 15.9. The van der Waals surface area contributed by atoms with Crippen LogP contribution < -0.4 is 14.4 Å². The van der Waals surface area contributed by atoms with Gasteiger partial charge < -0.3 is 24.0 Å². The van der Waals surface area contributed by atoms with Gasteiger partial charge in [-0.3, -0.25) is 0 Å². The Hall–Kier alpha value is -3.56. The van der Waals surface area contributed by atoms with Crippen LogP contribution in [0.15, 0.2) is 30.6 Å². The van der Waals surface area contributed by atoms with Gasteiger partial charge in [0.25, 0.3) is 0 Å². The third-order valence-electron chi connectivity index (χ3n) is 5.54. The number of pyridine rings is 1. The number of carbonyl (C=O) groups excluding carboxylic acids is 1. The molecule has 3 aromatic rings. The van der Waals surface area contributed by atoms with Gasteiger partial charge in [-0.1, -0.05) is 0 Å². The summed E-state index contributed by atoms with van der Waals surface area (Å²) < 4.78 is 17.7. The smallest absolute Gasteiger partial charge is 0.410 e. The fraction of sp³-hybridized carbons (Fsp3) is 0.455. The van der Waals surface area contributed by atoms with E-state index < -0.39 is 0 Å². The highest BCUT2D eigenvalue weighted by atomic mass is 16.6. The molecular formula is C22H28N6O4. The molecular weight excluding hydrogens is 412 g/mol. The third-order valence-corrected chi connectivity index (χ3v) is 5.54. The van der Waals surface area contributed by atoms with Crippen molar-refractivity contribution in [3.63, 3.8) is 0 Å². The van der Waals surface area contributed by atoms with Gasteiger partial charge in [-0.05, 0) is 32.4 Å². The number of hydrogen-bond donors (Lipinski definition) is 0. The van der Waals surface area contributed by atoms with Gasteiger partial charge in [0.1, 0.15) is 5.82 Å². The molecule has 3 aromatic heterocycles. The Kier molecular flexibility index (Phi) is 6.02. The van der Waals surface area contributed by atoms with E-state index in [2.05, 4.69) is 15.0 Å². The SMILES string of the molecule is COc1ccc(-c2cnn3ccc(N4CC[C@H](N(C)C(=O)OC(C)C)C4)nc23)c(OC)n1. The Labute approximate surface area is 186 Å². The van der Waals surface area contributed by atoms with Gasteiger partial charge in [-0.2, -0.15) is 10.1 Å². The average Bonchev–Trinajstić information content (AvgIpc) is 3.44. The topological polar surface area (TPSA) is 94.3 Å². The number of nitrogens with zero attached hydrogens (tertiary/aromatic N) is 6. The van der Waals surface area contributed by atoms with E-state index in [1.54, 1.807) is 42.9 Å². The van der Waals surface area contributed by atoms with Gasteiger partial charge >= 0.3 is 6.09 Å². The Bertz CT molecular complexity index is 1110. The highest BCUT2D eigenvalue weighted by molar-refractivity contribution is 5.81. The number of ether oxygens (including phenoxy) is 3. The summed E-state index contributed by atoms with van der Waals surface area (Å²) in [7, 11) is 4.92. The Morgan fingerprint density at radius 2 is 1.97 bits per heavy atom. The second-order valence-corrected chi connectivity index (χ2v) is 7.95. The van der Waals surface area contributed by atoms with Crippen molar-refractivity contribution in [3.8, 4) is 22.9 Å². The van der Waals surface area contributed by atoms with Crippen molar-refractivity contribution in [1.29, 1.82) is 0 Å². The van der Waals surface area contributed by atoms with E-state index in [-0.39, 0.29) is 18.2 Å². The van der Waals surface area contributed by atoms with Crippen LogP contribution in [-0.2, 0) is 4.74 Å². The largest absolute Gasteiger partial charge is 0.481 e. The van der Waals surface area contributed by atoms with Gasteiger partial charge in [0, 0.05) is 38.0 Å². The molecule has 170 valence electrons. The van der Waals surface area contributed by atoms with E-state index in [1.165, 1.54) is 0 Å². The lowest BCUT2D eigenvalue weighted by Gasteiger charge is -2.25. The van der Waals surface area contributed by atoms with Crippen molar-refractivity contribution in [2.45, 2.75) is 32.4 Å². The zero-order chi connectivity index (χ0) is 22.8. The number of methoxy groups -OCH3 is 2. The molecule has 1 atom stereocenters. The number of rotatable bonds is 6. The first-order valence-electron chi connectivity index (χ1n) is 10.5. The van der Waals surface area contributed by atoms with Gasteiger partial charge in [0.2, 0.25) is 11.8 Å². The molecule has 1 amide bonds. The molecule has 1 fully saturated rings. The minimum Gasteiger partial charge on any atom is -0.481 e. The maximum absolute atomic E-state index is 12.3. The van der Waals surface area contributed by atoms with E-state index in [1.807, 2.05) is 32.2 Å². The lowest BCUT2D eigenvalue weighted by Crippen LogP contribution is -2.40. The summed E-state index contributed by atoms with van der Waals surface area (Å²) in [4.78, 5) is 25.4. The summed E-state index contributed by atoms with van der Waals surface area (Å²) >= 11 is 0. The molecule has 1 aliphatic heterocycles. The average molecular weight is 441 g/mol. The van der Waals surface area contributed by atoms with Gasteiger partial charge in [0.05, 0.1) is 38.1 Å². The van der Waals surface area contributed by atoms with Crippen LogP contribution in [0.5, 0.6) is 11.8 Å². The molecule has 1 aliphatic rings. The molecule has 0 saturated carbocycles. The molecule has 0 N–H and O–H groups in total. The van der Waals surface area contributed by atoms with Crippen LogP contribution in [0.25, 0.3) is 16.8 Å². The number of likely N-dealkylation sites (N-methyl/N-ethyl adjacent to an activating group) is 1. The molecule has 4 rings (SSSR count). The first-order valence-corrected chi connectivity index (χ1v) is 10.5. The highest BCUT2D eigenvalue weighted by Crippen LogP contribution is 2.33. The number of carbonyl (C=O) groups is 1. The van der Waals surface area contributed by atoms with Crippen molar-refractivity contribution >= 4 is 17.6 Å². The van der Waals surface area contributed by atoms with Gasteiger partial charge in [-0.15, -0.1) is 0 Å². The second kappa shape index (κ2) is 8.89. The number of hydrogen-bond acceptors (Lipinski definition) is 8. The molecule has 0 unspecified atom stereocenters. The van der Waals surface area contributed by atoms with Crippen molar-refractivity contribution in [2.24, 2.45) is 0 Å². The lowest BCUT2D eigenvalue weighted by molar-refractivity contribution is 0.0748. The fourth-order valence-electron chi connectivity index (χ4n) is 3.82. The van der Waals surface area contributed by atoms with Crippen LogP contribution >= 0.6 is 0 Å². The number of fused-ring (bicyclic) bond motifs is 1. The summed E-state index contributed by atoms with van der Waals surface area (Å²) in [5, 5.41) is 4.43. The van der Waals surface area contributed by atoms with E-state index in [0.717, 1.165) is 29.9 Å². The standard InChI is InChI=1S/C22H28N6O4/c1-14(2)32-22(29)26(3)15-8-10-27(13-15)18-9-11-28-20(24-18)17(12-23-28)16-6-7-19(30-4)25-21(16)31-5/h6-7,9,11-12,14-15H,8,10,13H2,1-5H3/t15-/m0/s1. The summed E-state index contributed by atoms with van der Waals surface area (Å²) in [5.74, 6) is 1.74. The van der Waals surface area contributed by atoms with E-state index in [0.29, 0.717) is 24.0 Å². The van der Waals surface area contributed by atoms with Crippen LogP contribution in [0.4, 0.5) is 10.6 Å². The molecule has 0 radical (unpaired) electrons. The maximum atomic E-state index is 12.3. The van der Waals surface area contributed by atoms with Crippen molar-refractivity contribution in [3.05, 3.63) is 30.6 Å². The number of aromatic nitrogens is 4. The van der Waals surface area contributed by atoms with Crippen LogP contribution in [-0.4, -0.2) is 77.1 Å². The molecule has 10 nitrogen and oxygen atoms in total. The Morgan fingerprint density at radius 1 is 1.16 bits per heavy atom. The van der Waals surface area contributed by atoms with Crippen LogP contribution in [0.1, 0.15) is 20.3 Å². The van der Waals surface area contributed by atoms with Crippen molar-refractivity contribution in [2.75, 3.05) is 39.3 Å². The van der Waals surface area contributed by atoms with Gasteiger partial charge in [-0.25, -0.2) is 14.3 Å². The van der Waals surface area contributed by atoms with Crippen LogP contribution in [0.3, 0.4) is 0 Å². The van der Waals surface area contributed by atoms with E-state index in [4.69, 9.17) is 19.2 Å². The number of anilines is 1. The Morgan fingerprint density at radius 3 is 2.69 bits per heavy atom. The molecule has 0 bridgehead atoms. The molecule has 1 saturated heterocycles. The first-order chi connectivity index (χ1) is 15.4. The summed E-state index contributed by atoms with van der Waals surface area (Å²) in [6.07, 6.45) is 4.04. The van der Waals surface area contributed by atoms with Crippen LogP contribution in [0, 0.1) is 0 Å². The molecule has 32 heavy (non-hydrogen) atoms. The molecule has 0 spiro atoms. The minimum absolute atomic E-state index is 0.0644. The second-order valence-electron chi connectivity index (χ2n) is 7.95. The van der Waals surface area contributed by atoms with E-state index >= 15 is 0 Å². The third kappa shape index (κ3) is 4.12. The fourth-order valence-corrected chi connectivity index (χ4v) is 3.82. The first kappa shape index (κ1) is 21.7.